The molecule has 0 aliphatic heterocycles. The van der Waals surface area contributed by atoms with Crippen LogP contribution in [0, 0.1) is 11.8 Å². The van der Waals surface area contributed by atoms with Crippen molar-refractivity contribution in [2.75, 3.05) is 13.2 Å². The van der Waals surface area contributed by atoms with Crippen molar-refractivity contribution in [3.05, 3.63) is 94.3 Å². The van der Waals surface area contributed by atoms with Crippen LogP contribution < -0.4 is 9.47 Å². The fourth-order valence-corrected chi connectivity index (χ4v) is 4.09. The second-order valence-electron chi connectivity index (χ2n) is 11.1. The van der Waals surface area contributed by atoms with Crippen molar-refractivity contribution in [3.63, 3.8) is 0 Å². The number of hydrogen-bond acceptors (Lipinski definition) is 6. The molecule has 0 bridgehead atoms. The van der Waals surface area contributed by atoms with Crippen LogP contribution in [0.25, 0.3) is 35.3 Å². The highest BCUT2D eigenvalue weighted by Crippen LogP contribution is 2.33. The van der Waals surface area contributed by atoms with E-state index in [0.29, 0.717) is 70.1 Å². The fraction of sp³-hybridized carbons (Fsp3) is 0.278. The molecule has 0 radical (unpaired) electrons. The minimum absolute atomic E-state index is 0.525. The van der Waals surface area contributed by atoms with E-state index in [4.69, 9.17) is 19.4 Å². The molecule has 0 atom stereocenters. The van der Waals surface area contributed by atoms with Crippen LogP contribution in [-0.2, 0) is 0 Å². The number of hydrogen-bond donors (Lipinski definition) is 0. The average molecular weight is 563 g/mol. The second-order valence-corrected chi connectivity index (χ2v) is 11.1. The van der Waals surface area contributed by atoms with Crippen molar-refractivity contribution in [2.45, 2.75) is 40.5 Å². The number of aldehydes is 2. The molecule has 3 aromatic carbocycles. The summed E-state index contributed by atoms with van der Waals surface area (Å²) in [5.41, 5.74) is 5.90. The van der Waals surface area contributed by atoms with Crippen LogP contribution in [0.5, 0.6) is 11.5 Å². The van der Waals surface area contributed by atoms with Crippen LogP contribution in [0.2, 0.25) is 0 Å². The highest BCUT2D eigenvalue weighted by atomic mass is 16.5. The van der Waals surface area contributed by atoms with Gasteiger partial charge in [-0.1, -0.05) is 88.4 Å². The summed E-state index contributed by atoms with van der Waals surface area (Å²) < 4.78 is 12.4. The molecule has 6 heteroatoms. The molecular formula is C36H38N2O4. The van der Waals surface area contributed by atoms with Gasteiger partial charge >= 0.3 is 0 Å². The fourth-order valence-electron chi connectivity index (χ4n) is 4.09. The van der Waals surface area contributed by atoms with E-state index < -0.39 is 0 Å². The zero-order valence-corrected chi connectivity index (χ0v) is 24.7. The van der Waals surface area contributed by atoms with E-state index in [1.165, 1.54) is 0 Å². The first kappa shape index (κ1) is 30.4. The molecule has 6 nitrogen and oxygen atoms in total. The van der Waals surface area contributed by atoms with Gasteiger partial charge in [0.25, 0.3) is 0 Å². The molecule has 42 heavy (non-hydrogen) atoms. The van der Waals surface area contributed by atoms with Crippen LogP contribution in [0.4, 0.5) is 0 Å². The van der Waals surface area contributed by atoms with Gasteiger partial charge in [-0.3, -0.25) is 9.59 Å². The summed E-state index contributed by atoms with van der Waals surface area (Å²) in [7, 11) is 0. The summed E-state index contributed by atoms with van der Waals surface area (Å²) in [4.78, 5) is 32.1. The number of carbonyl (C=O) groups excluding carboxylic acids is 2. The van der Waals surface area contributed by atoms with Gasteiger partial charge in [-0.2, -0.15) is 0 Å². The molecule has 0 amide bonds. The maximum Gasteiger partial charge on any atom is 0.163 e. The topological polar surface area (TPSA) is 78.4 Å². The van der Waals surface area contributed by atoms with Gasteiger partial charge in [-0.25, -0.2) is 9.97 Å². The molecule has 4 aromatic rings. The molecule has 0 N–H and O–H groups in total. The Balaban J connectivity index is 1.75. The highest BCUT2D eigenvalue weighted by Gasteiger charge is 2.13. The minimum Gasteiger partial charge on any atom is -0.490 e. The van der Waals surface area contributed by atoms with Gasteiger partial charge in [0.05, 0.1) is 35.6 Å². The zero-order valence-electron chi connectivity index (χ0n) is 24.7. The lowest BCUT2D eigenvalue weighted by atomic mass is 10.1. The highest BCUT2D eigenvalue weighted by molar-refractivity contribution is 5.85. The Hall–Kier alpha value is -4.58. The van der Waals surface area contributed by atoms with Crippen molar-refractivity contribution in [1.82, 2.24) is 9.97 Å². The van der Waals surface area contributed by atoms with E-state index in [0.717, 1.165) is 36.5 Å². The van der Waals surface area contributed by atoms with Crippen LogP contribution in [0.1, 0.15) is 83.8 Å². The number of ether oxygens (including phenoxy) is 2. The number of fused-ring (bicyclic) bond motifs is 1. The predicted molar refractivity (Wildman–Crippen MR) is 171 cm³/mol. The predicted octanol–water partition coefficient (Wildman–Crippen LogP) is 8.45. The summed E-state index contributed by atoms with van der Waals surface area (Å²) in [6.45, 7) is 9.87. The molecule has 0 saturated heterocycles. The Kier molecular flexibility index (Phi) is 10.8. The van der Waals surface area contributed by atoms with Gasteiger partial charge in [-0.05, 0) is 48.0 Å². The Morgan fingerprint density at radius 1 is 0.571 bits per heavy atom. The summed E-state index contributed by atoms with van der Waals surface area (Å²) in [5, 5.41) is 0. The lowest BCUT2D eigenvalue weighted by Crippen LogP contribution is -2.06. The molecule has 0 aliphatic rings. The lowest BCUT2D eigenvalue weighted by Gasteiger charge is -2.15. The summed E-state index contributed by atoms with van der Waals surface area (Å²) in [6, 6.07) is 18.5. The number of nitrogens with zero attached hydrogens (tertiary/aromatic N) is 2. The van der Waals surface area contributed by atoms with E-state index >= 15 is 0 Å². The number of benzene rings is 3. The largest absolute Gasteiger partial charge is 0.490 e. The second kappa shape index (κ2) is 14.9. The smallest absolute Gasteiger partial charge is 0.163 e. The quantitative estimate of drug-likeness (QED) is 0.144. The van der Waals surface area contributed by atoms with Gasteiger partial charge in [0.15, 0.2) is 11.5 Å². The van der Waals surface area contributed by atoms with Crippen LogP contribution >= 0.6 is 0 Å². The van der Waals surface area contributed by atoms with E-state index in [9.17, 15) is 9.59 Å². The minimum atomic E-state index is 0.525. The van der Waals surface area contributed by atoms with Crippen LogP contribution in [0.3, 0.4) is 0 Å². The molecule has 216 valence electrons. The monoisotopic (exact) mass is 562 g/mol. The molecule has 1 heterocycles. The molecule has 0 fully saturated rings. The van der Waals surface area contributed by atoms with E-state index in [1.54, 1.807) is 24.3 Å². The molecule has 0 spiro atoms. The van der Waals surface area contributed by atoms with Crippen molar-refractivity contribution < 1.29 is 19.1 Å². The summed E-state index contributed by atoms with van der Waals surface area (Å²) in [6.07, 6.45) is 11.3. The zero-order chi connectivity index (χ0) is 29.9. The third-order valence-corrected chi connectivity index (χ3v) is 6.70. The van der Waals surface area contributed by atoms with Crippen molar-refractivity contribution in [2.24, 2.45) is 11.8 Å². The normalized spacial score (nSPS) is 11.7. The van der Waals surface area contributed by atoms with E-state index in [1.807, 2.05) is 60.7 Å². The molecule has 1 aromatic heterocycles. The maximum absolute atomic E-state index is 11.0. The third-order valence-electron chi connectivity index (χ3n) is 6.70. The Labute approximate surface area is 248 Å². The van der Waals surface area contributed by atoms with Gasteiger partial charge in [-0.15, -0.1) is 0 Å². The first-order chi connectivity index (χ1) is 20.3. The van der Waals surface area contributed by atoms with Gasteiger partial charge in [0, 0.05) is 23.3 Å². The van der Waals surface area contributed by atoms with Gasteiger partial charge < -0.3 is 9.47 Å². The van der Waals surface area contributed by atoms with Crippen molar-refractivity contribution >= 4 is 47.9 Å². The summed E-state index contributed by atoms with van der Waals surface area (Å²) in [5.74, 6) is 2.38. The molecule has 0 aliphatic carbocycles. The number of aromatic nitrogens is 2. The lowest BCUT2D eigenvalue weighted by molar-refractivity contribution is 0.111. The maximum atomic E-state index is 11.0. The average Bonchev–Trinajstić information content (AvgIpc) is 2.99. The standard InChI is InChI=1S/C36H38N2O4/c1-25(2)17-19-41-35-21-33-34(22-36(35)42-20-18-26(3)4)38-32(16-14-28-7-11-30(24-40)12-8-28)31(37-33)15-13-27-5-9-29(23-39)10-6-27/h5-16,21-26H,17-20H2,1-4H3/b15-13+,16-14+. The van der Waals surface area contributed by atoms with Gasteiger partial charge in [0.2, 0.25) is 0 Å². The Morgan fingerprint density at radius 3 is 1.26 bits per heavy atom. The molecule has 4 rings (SSSR count). The third kappa shape index (κ3) is 8.71. The Morgan fingerprint density at radius 2 is 0.929 bits per heavy atom. The first-order valence-electron chi connectivity index (χ1n) is 14.4. The Bertz CT molecular complexity index is 1430. The summed E-state index contributed by atoms with van der Waals surface area (Å²) >= 11 is 0. The first-order valence-corrected chi connectivity index (χ1v) is 14.4. The van der Waals surface area contributed by atoms with E-state index in [-0.39, 0.29) is 0 Å². The molecule has 0 unspecified atom stereocenters. The molecule has 0 saturated carbocycles. The van der Waals surface area contributed by atoms with Gasteiger partial charge in [0.1, 0.15) is 12.6 Å². The SMILES string of the molecule is CC(C)CCOc1cc2nc(/C=C/c3ccc(C=O)cc3)c(/C=C/c3ccc(C=O)cc3)nc2cc1OCCC(C)C. The van der Waals surface area contributed by atoms with Crippen molar-refractivity contribution in [1.29, 1.82) is 0 Å². The van der Waals surface area contributed by atoms with Crippen LogP contribution in [-0.4, -0.2) is 35.8 Å². The van der Waals surface area contributed by atoms with Crippen LogP contribution in [0.15, 0.2) is 60.7 Å². The number of rotatable bonds is 14. The van der Waals surface area contributed by atoms with E-state index in [2.05, 4.69) is 27.7 Å². The van der Waals surface area contributed by atoms with Crippen molar-refractivity contribution in [3.8, 4) is 11.5 Å². The number of carbonyl (C=O) groups is 2. The molecular weight excluding hydrogens is 524 g/mol.